The summed E-state index contributed by atoms with van der Waals surface area (Å²) in [6.07, 6.45) is 1.47. The van der Waals surface area contributed by atoms with Crippen LogP contribution in [0.4, 0.5) is 10.1 Å². The van der Waals surface area contributed by atoms with Crippen LogP contribution < -0.4 is 16.0 Å². The number of piperazine rings is 1. The van der Waals surface area contributed by atoms with E-state index in [1.165, 1.54) is 12.1 Å². The average Bonchev–Trinajstić information content (AvgIpc) is 3.32. The van der Waals surface area contributed by atoms with Crippen LogP contribution in [0.25, 0.3) is 0 Å². The molecule has 3 unspecified atom stereocenters. The number of amides is 3. The number of hydrogen-bond donors (Lipinski definition) is 2. The van der Waals surface area contributed by atoms with Gasteiger partial charge in [-0.1, -0.05) is 24.3 Å². The Morgan fingerprint density at radius 3 is 2.55 bits per heavy atom. The van der Waals surface area contributed by atoms with Crippen molar-refractivity contribution in [1.29, 1.82) is 0 Å². The summed E-state index contributed by atoms with van der Waals surface area (Å²) in [6, 6.07) is 12.5. The Hall–Kier alpha value is -3.38. The minimum atomic E-state index is -0.944. The normalized spacial score (nSPS) is 26.0. The van der Waals surface area contributed by atoms with Gasteiger partial charge in [-0.3, -0.25) is 24.2 Å². The molecule has 238 valence electrons. The molecule has 0 bridgehead atoms. The highest BCUT2D eigenvalue weighted by Crippen LogP contribution is 2.42. The lowest BCUT2D eigenvalue weighted by atomic mass is 9.83. The minimum absolute atomic E-state index is 0.0213. The van der Waals surface area contributed by atoms with E-state index < -0.39 is 5.41 Å². The number of rotatable bonds is 10. The molecule has 10 nitrogen and oxygen atoms in total. The van der Waals surface area contributed by atoms with Crippen molar-refractivity contribution in [3.8, 4) is 0 Å². The van der Waals surface area contributed by atoms with E-state index in [-0.39, 0.29) is 48.8 Å². The van der Waals surface area contributed by atoms with Gasteiger partial charge in [0.15, 0.2) is 0 Å². The first-order chi connectivity index (χ1) is 21.1. The first-order valence-electron chi connectivity index (χ1n) is 15.6. The molecule has 2 fully saturated rings. The highest BCUT2D eigenvalue weighted by Gasteiger charge is 2.47. The number of fused-ring (bicyclic) bond motifs is 1. The number of carbonyl (C=O) groups excluding carboxylic acids is 3. The van der Waals surface area contributed by atoms with Crippen LogP contribution in [0.1, 0.15) is 37.5 Å². The summed E-state index contributed by atoms with van der Waals surface area (Å²) in [5.41, 5.74) is 8.16. The van der Waals surface area contributed by atoms with Crippen LogP contribution in [0.2, 0.25) is 0 Å². The number of anilines is 1. The van der Waals surface area contributed by atoms with Crippen molar-refractivity contribution in [2.75, 3.05) is 70.5 Å². The maximum Gasteiger partial charge on any atom is 0.241 e. The first-order valence-corrected chi connectivity index (χ1v) is 15.6. The van der Waals surface area contributed by atoms with Crippen molar-refractivity contribution in [2.24, 2.45) is 5.73 Å². The molecule has 4 atom stereocenters. The van der Waals surface area contributed by atoms with Crippen molar-refractivity contribution in [1.82, 2.24) is 20.0 Å². The van der Waals surface area contributed by atoms with Gasteiger partial charge in [0.05, 0.1) is 25.2 Å². The fraction of sp³-hybridized carbons (Fsp3) is 0.545. The van der Waals surface area contributed by atoms with Gasteiger partial charge in [-0.25, -0.2) is 4.39 Å². The molecule has 0 spiro atoms. The third kappa shape index (κ3) is 6.81. The van der Waals surface area contributed by atoms with Crippen molar-refractivity contribution < 1.29 is 23.5 Å². The largest absolute Gasteiger partial charge is 0.379 e. The van der Waals surface area contributed by atoms with E-state index in [0.29, 0.717) is 45.8 Å². The van der Waals surface area contributed by atoms with E-state index in [1.54, 1.807) is 17.0 Å². The third-order valence-electron chi connectivity index (χ3n) is 9.40. The molecule has 11 heteroatoms. The number of nitrogens with zero attached hydrogens (tertiary/aromatic N) is 4. The lowest BCUT2D eigenvalue weighted by Gasteiger charge is -2.46. The van der Waals surface area contributed by atoms with E-state index in [0.717, 1.165) is 41.9 Å². The monoisotopic (exact) mass is 608 g/mol. The van der Waals surface area contributed by atoms with Gasteiger partial charge in [0, 0.05) is 69.6 Å². The lowest BCUT2D eigenvalue weighted by molar-refractivity contribution is -0.127. The summed E-state index contributed by atoms with van der Waals surface area (Å²) in [4.78, 5) is 47.7. The van der Waals surface area contributed by atoms with Gasteiger partial charge in [0.2, 0.25) is 18.2 Å². The summed E-state index contributed by atoms with van der Waals surface area (Å²) in [5.74, 6) is -0.547. The van der Waals surface area contributed by atoms with Crippen LogP contribution in [0.3, 0.4) is 0 Å². The molecule has 2 saturated heterocycles. The molecular formula is C33H45FN6O4. The van der Waals surface area contributed by atoms with Crippen molar-refractivity contribution in [3.63, 3.8) is 0 Å². The fourth-order valence-corrected chi connectivity index (χ4v) is 6.71. The summed E-state index contributed by atoms with van der Waals surface area (Å²) >= 11 is 0. The highest BCUT2D eigenvalue weighted by atomic mass is 19.1. The number of ether oxygens (including phenoxy) is 1. The molecule has 0 radical (unpaired) electrons. The number of morpholine rings is 1. The van der Waals surface area contributed by atoms with Gasteiger partial charge >= 0.3 is 0 Å². The maximum absolute atomic E-state index is 14.2. The smallest absolute Gasteiger partial charge is 0.241 e. The molecule has 3 heterocycles. The topological polar surface area (TPSA) is 111 Å². The molecule has 3 aliphatic rings. The quantitative estimate of drug-likeness (QED) is 0.392. The third-order valence-corrected chi connectivity index (χ3v) is 9.40. The average molecular weight is 609 g/mol. The van der Waals surface area contributed by atoms with Crippen LogP contribution in [0.15, 0.2) is 42.5 Å². The zero-order valence-corrected chi connectivity index (χ0v) is 26.0. The minimum Gasteiger partial charge on any atom is -0.379 e. The molecule has 3 N–H and O–H groups in total. The first kappa shape index (κ1) is 32.0. The molecular weight excluding hydrogens is 563 g/mol. The summed E-state index contributed by atoms with van der Waals surface area (Å²) in [7, 11) is 0. The molecule has 5 rings (SSSR count). The van der Waals surface area contributed by atoms with E-state index in [2.05, 4.69) is 22.0 Å². The summed E-state index contributed by atoms with van der Waals surface area (Å²) in [5, 5.41) is 2.93. The number of hydrogen-bond acceptors (Lipinski definition) is 7. The Balaban J connectivity index is 1.41. The van der Waals surface area contributed by atoms with Crippen molar-refractivity contribution >= 4 is 23.9 Å². The predicted molar refractivity (Wildman–Crippen MR) is 167 cm³/mol. The zero-order chi connectivity index (χ0) is 31.4. The molecule has 3 amide bonds. The molecule has 2 aromatic rings. The number of halogens is 1. The van der Waals surface area contributed by atoms with Gasteiger partial charge in [-0.2, -0.15) is 0 Å². The second kappa shape index (κ2) is 13.7. The van der Waals surface area contributed by atoms with Gasteiger partial charge in [-0.05, 0) is 62.1 Å². The van der Waals surface area contributed by atoms with E-state index in [4.69, 9.17) is 10.5 Å². The molecule has 0 aromatic heterocycles. The number of carbonyl (C=O) groups is 3. The zero-order valence-electron chi connectivity index (χ0n) is 26.0. The Morgan fingerprint density at radius 1 is 1.09 bits per heavy atom. The second-order valence-corrected chi connectivity index (χ2v) is 12.7. The lowest BCUT2D eigenvalue weighted by Crippen LogP contribution is -2.63. The van der Waals surface area contributed by atoms with Crippen LogP contribution in [0.5, 0.6) is 0 Å². The van der Waals surface area contributed by atoms with Crippen molar-refractivity contribution in [2.45, 2.75) is 50.7 Å². The van der Waals surface area contributed by atoms with Gasteiger partial charge < -0.3 is 25.6 Å². The van der Waals surface area contributed by atoms with E-state index >= 15 is 0 Å². The highest BCUT2D eigenvalue weighted by molar-refractivity contribution is 6.03. The number of benzene rings is 2. The summed E-state index contributed by atoms with van der Waals surface area (Å²) < 4.78 is 19.1. The molecule has 3 aliphatic heterocycles. The standard InChI is InChI=1S/C33H45FN6O4/c1-23-16-38(28(18-39(23)22-41)17-37-12-13-44-20-24(37)2)19-31(42)40-21-33(3,32(43)36-11-10-35)29-9-6-26(15-30(29)40)14-25-4-7-27(34)8-5-25/h4-9,15,22-24,28H,10-14,16-21,35H2,1-3H3,(H,36,43)/t23?,24?,28-,33?/m0/s1. The van der Waals surface area contributed by atoms with Gasteiger partial charge in [-0.15, -0.1) is 0 Å². The van der Waals surface area contributed by atoms with Crippen LogP contribution in [0, 0.1) is 5.82 Å². The Kier molecular flexibility index (Phi) is 9.99. The second-order valence-electron chi connectivity index (χ2n) is 12.7. The molecule has 2 aromatic carbocycles. The molecule has 44 heavy (non-hydrogen) atoms. The summed E-state index contributed by atoms with van der Waals surface area (Å²) in [6.45, 7) is 11.1. The Bertz CT molecular complexity index is 1340. The van der Waals surface area contributed by atoms with Gasteiger partial charge in [0.25, 0.3) is 0 Å². The predicted octanol–water partition coefficient (Wildman–Crippen LogP) is 1.35. The van der Waals surface area contributed by atoms with E-state index in [1.807, 2.05) is 36.9 Å². The molecule has 0 saturated carbocycles. The van der Waals surface area contributed by atoms with Crippen LogP contribution in [-0.2, 0) is 31.0 Å². The van der Waals surface area contributed by atoms with E-state index in [9.17, 15) is 18.8 Å². The van der Waals surface area contributed by atoms with Crippen LogP contribution >= 0.6 is 0 Å². The maximum atomic E-state index is 14.2. The number of nitrogens with one attached hydrogen (secondary N) is 1. The van der Waals surface area contributed by atoms with Crippen LogP contribution in [-0.4, -0.2) is 117 Å². The van der Waals surface area contributed by atoms with Crippen molar-refractivity contribution in [3.05, 3.63) is 65.0 Å². The number of nitrogens with two attached hydrogens (primary N) is 1. The SMILES string of the molecule is CC1CN(CC(=O)N2CC(C)(C(=O)NCCN)c3ccc(Cc4ccc(F)cc4)cc32)[C@@H](CN2CCOCC2C)CN1C=O. The Morgan fingerprint density at radius 2 is 1.84 bits per heavy atom. The fourth-order valence-electron chi connectivity index (χ4n) is 6.71. The van der Waals surface area contributed by atoms with Gasteiger partial charge in [0.1, 0.15) is 5.82 Å². The molecule has 0 aliphatic carbocycles. The Labute approximate surface area is 259 Å².